The maximum absolute atomic E-state index is 9.94. The highest BCUT2D eigenvalue weighted by Crippen LogP contribution is 2.17. The van der Waals surface area contributed by atoms with Crippen molar-refractivity contribution in [3.63, 3.8) is 0 Å². The monoisotopic (exact) mass is 234 g/mol. The van der Waals surface area contributed by atoms with E-state index in [2.05, 4.69) is 9.97 Å². The van der Waals surface area contributed by atoms with E-state index in [1.807, 2.05) is 30.3 Å². The molecule has 0 saturated carbocycles. The Bertz CT molecular complexity index is 444. The zero-order chi connectivity index (χ0) is 11.4. The molecule has 0 aliphatic heterocycles. The smallest absolute Gasteiger partial charge is 0.222 e. The average molecular weight is 235 g/mol. The van der Waals surface area contributed by atoms with E-state index in [4.69, 9.17) is 11.6 Å². The summed E-state index contributed by atoms with van der Waals surface area (Å²) >= 11 is 5.57. The van der Waals surface area contributed by atoms with Crippen molar-refractivity contribution < 1.29 is 5.11 Å². The van der Waals surface area contributed by atoms with Crippen LogP contribution in [-0.2, 0) is 6.42 Å². The number of hydrogen-bond acceptors (Lipinski definition) is 3. The van der Waals surface area contributed by atoms with Crippen LogP contribution in [0.1, 0.15) is 17.2 Å². The van der Waals surface area contributed by atoms with Crippen LogP contribution in [0.3, 0.4) is 0 Å². The Labute approximate surface area is 98.8 Å². The molecule has 1 N–H and O–H groups in total. The molecule has 0 saturated heterocycles. The number of halogens is 1. The molecule has 1 heterocycles. The molecule has 0 fully saturated rings. The third-order valence-electron chi connectivity index (χ3n) is 2.30. The van der Waals surface area contributed by atoms with Crippen LogP contribution >= 0.6 is 11.6 Å². The fourth-order valence-electron chi connectivity index (χ4n) is 1.45. The first kappa shape index (κ1) is 11.0. The first-order valence-electron chi connectivity index (χ1n) is 4.95. The topological polar surface area (TPSA) is 46.0 Å². The molecule has 16 heavy (non-hydrogen) atoms. The summed E-state index contributed by atoms with van der Waals surface area (Å²) in [6.45, 7) is 0. The Morgan fingerprint density at radius 2 is 1.75 bits per heavy atom. The van der Waals surface area contributed by atoms with Crippen molar-refractivity contribution in [1.29, 1.82) is 0 Å². The van der Waals surface area contributed by atoms with E-state index in [-0.39, 0.29) is 5.28 Å². The Kier molecular flexibility index (Phi) is 3.49. The van der Waals surface area contributed by atoms with Gasteiger partial charge in [0.1, 0.15) is 0 Å². The predicted octanol–water partition coefficient (Wildman–Crippen LogP) is 2.41. The zero-order valence-corrected chi connectivity index (χ0v) is 9.30. The Morgan fingerprint density at radius 1 is 1.12 bits per heavy atom. The molecule has 2 aromatic rings. The molecular weight excluding hydrogens is 224 g/mol. The van der Waals surface area contributed by atoms with Crippen molar-refractivity contribution in [2.24, 2.45) is 0 Å². The van der Waals surface area contributed by atoms with Gasteiger partial charge in [0.05, 0.1) is 6.10 Å². The largest absolute Gasteiger partial charge is 0.388 e. The van der Waals surface area contributed by atoms with Gasteiger partial charge in [-0.2, -0.15) is 0 Å². The van der Waals surface area contributed by atoms with E-state index in [0.717, 1.165) is 5.56 Å². The van der Waals surface area contributed by atoms with Crippen molar-refractivity contribution in [2.75, 3.05) is 0 Å². The number of hydrogen-bond donors (Lipinski definition) is 1. The second-order valence-electron chi connectivity index (χ2n) is 3.49. The Balaban J connectivity index is 2.09. The number of aromatic nitrogens is 2. The van der Waals surface area contributed by atoms with Gasteiger partial charge in [0, 0.05) is 24.4 Å². The second kappa shape index (κ2) is 5.05. The summed E-state index contributed by atoms with van der Waals surface area (Å²) in [5.41, 5.74) is 1.75. The molecule has 0 radical (unpaired) electrons. The van der Waals surface area contributed by atoms with Crippen LogP contribution in [-0.4, -0.2) is 15.1 Å². The lowest BCUT2D eigenvalue weighted by molar-refractivity contribution is 0.177. The van der Waals surface area contributed by atoms with Gasteiger partial charge in [0.25, 0.3) is 0 Å². The van der Waals surface area contributed by atoms with Crippen LogP contribution in [0.5, 0.6) is 0 Å². The molecule has 82 valence electrons. The minimum absolute atomic E-state index is 0.190. The third kappa shape index (κ3) is 2.78. The first-order valence-corrected chi connectivity index (χ1v) is 5.33. The lowest BCUT2D eigenvalue weighted by atomic mass is 10.0. The van der Waals surface area contributed by atoms with E-state index in [1.165, 1.54) is 0 Å². The number of benzene rings is 1. The summed E-state index contributed by atoms with van der Waals surface area (Å²) in [7, 11) is 0. The zero-order valence-electron chi connectivity index (χ0n) is 8.55. The van der Waals surface area contributed by atoms with Gasteiger partial charge in [0.2, 0.25) is 5.28 Å². The van der Waals surface area contributed by atoms with Crippen molar-refractivity contribution in [3.05, 3.63) is 59.1 Å². The highest BCUT2D eigenvalue weighted by molar-refractivity contribution is 6.28. The molecule has 1 atom stereocenters. The molecule has 0 amide bonds. The van der Waals surface area contributed by atoms with Crippen molar-refractivity contribution in [1.82, 2.24) is 9.97 Å². The average Bonchev–Trinajstić information content (AvgIpc) is 2.31. The van der Waals surface area contributed by atoms with Gasteiger partial charge in [-0.1, -0.05) is 30.3 Å². The maximum atomic E-state index is 9.94. The highest BCUT2D eigenvalue weighted by Gasteiger charge is 2.09. The van der Waals surface area contributed by atoms with E-state index < -0.39 is 6.10 Å². The molecule has 3 nitrogen and oxygen atoms in total. The van der Waals surface area contributed by atoms with Crippen LogP contribution < -0.4 is 0 Å². The van der Waals surface area contributed by atoms with Gasteiger partial charge in [-0.3, -0.25) is 0 Å². The van der Waals surface area contributed by atoms with Crippen LogP contribution in [0.4, 0.5) is 0 Å². The summed E-state index contributed by atoms with van der Waals surface area (Å²) in [6.07, 6.45) is 3.04. The fraction of sp³-hybridized carbons (Fsp3) is 0.167. The Morgan fingerprint density at radius 3 is 2.38 bits per heavy atom. The normalized spacial score (nSPS) is 12.4. The molecule has 2 rings (SSSR count). The number of nitrogens with zero attached hydrogens (tertiary/aromatic N) is 2. The van der Waals surface area contributed by atoms with E-state index in [0.29, 0.717) is 12.0 Å². The van der Waals surface area contributed by atoms with E-state index in [9.17, 15) is 5.11 Å². The summed E-state index contributed by atoms with van der Waals surface area (Å²) < 4.78 is 0. The van der Waals surface area contributed by atoms with Gasteiger partial charge in [-0.15, -0.1) is 0 Å². The quantitative estimate of drug-likeness (QED) is 0.830. The number of rotatable bonds is 3. The van der Waals surface area contributed by atoms with Gasteiger partial charge < -0.3 is 5.11 Å². The minimum Gasteiger partial charge on any atom is -0.388 e. The van der Waals surface area contributed by atoms with Crippen LogP contribution in [0.25, 0.3) is 0 Å². The van der Waals surface area contributed by atoms with Crippen LogP contribution in [0.15, 0.2) is 42.7 Å². The first-order chi connectivity index (χ1) is 7.75. The highest BCUT2D eigenvalue weighted by atomic mass is 35.5. The van der Waals surface area contributed by atoms with Crippen LogP contribution in [0.2, 0.25) is 5.28 Å². The summed E-state index contributed by atoms with van der Waals surface area (Å²) in [5, 5.41) is 10.1. The molecule has 1 aromatic heterocycles. The van der Waals surface area contributed by atoms with E-state index in [1.54, 1.807) is 12.4 Å². The standard InChI is InChI=1S/C12H11ClN2O/c13-12-14-7-10(8-15-12)11(16)6-9-4-2-1-3-5-9/h1-5,7-8,11,16H,6H2. The molecule has 4 heteroatoms. The molecule has 0 spiro atoms. The molecule has 0 aliphatic rings. The minimum atomic E-state index is -0.598. The van der Waals surface area contributed by atoms with Crippen LogP contribution in [0, 0.1) is 0 Å². The Hall–Kier alpha value is -1.45. The molecule has 1 unspecified atom stereocenters. The molecule has 0 aliphatic carbocycles. The van der Waals surface area contributed by atoms with Crippen molar-refractivity contribution in [3.8, 4) is 0 Å². The van der Waals surface area contributed by atoms with Crippen molar-refractivity contribution in [2.45, 2.75) is 12.5 Å². The van der Waals surface area contributed by atoms with E-state index >= 15 is 0 Å². The number of aliphatic hydroxyl groups excluding tert-OH is 1. The van der Waals surface area contributed by atoms with Gasteiger partial charge >= 0.3 is 0 Å². The predicted molar refractivity (Wildman–Crippen MR) is 62.1 cm³/mol. The molecule has 1 aromatic carbocycles. The second-order valence-corrected chi connectivity index (χ2v) is 3.83. The maximum Gasteiger partial charge on any atom is 0.222 e. The SMILES string of the molecule is OC(Cc1ccccc1)c1cnc(Cl)nc1. The molecular formula is C12H11ClN2O. The summed E-state index contributed by atoms with van der Waals surface area (Å²) in [6, 6.07) is 9.78. The molecule has 0 bridgehead atoms. The summed E-state index contributed by atoms with van der Waals surface area (Å²) in [4.78, 5) is 7.67. The van der Waals surface area contributed by atoms with Crippen molar-refractivity contribution >= 4 is 11.6 Å². The lowest BCUT2D eigenvalue weighted by Crippen LogP contribution is -2.03. The van der Waals surface area contributed by atoms with Gasteiger partial charge in [-0.25, -0.2) is 9.97 Å². The lowest BCUT2D eigenvalue weighted by Gasteiger charge is -2.09. The number of aliphatic hydroxyl groups is 1. The fourth-order valence-corrected chi connectivity index (χ4v) is 1.55. The summed E-state index contributed by atoms with van der Waals surface area (Å²) in [5.74, 6) is 0. The third-order valence-corrected chi connectivity index (χ3v) is 2.49. The van der Waals surface area contributed by atoms with Gasteiger partial charge in [0.15, 0.2) is 0 Å². The van der Waals surface area contributed by atoms with Gasteiger partial charge in [-0.05, 0) is 17.2 Å².